The molecule has 0 unspecified atom stereocenters. The highest BCUT2D eigenvalue weighted by atomic mass is 28.3. The molecular weight excluding hydrogens is 499 g/mol. The molecule has 202 valence electrons. The summed E-state index contributed by atoms with van der Waals surface area (Å²) in [5.74, 6) is 1.04. The molecule has 4 heterocycles. The number of anilines is 2. The fraction of sp³-hybridized carbons (Fsp3) is 0.538. The number of ether oxygens (including phenoxy) is 2. The molecule has 3 aromatic rings. The Morgan fingerprint density at radius 3 is 2.62 bits per heavy atom. The molecule has 37 heavy (non-hydrogen) atoms. The predicted octanol–water partition coefficient (Wildman–Crippen LogP) is 6.00. The van der Waals surface area contributed by atoms with E-state index in [1.807, 2.05) is 24.4 Å². The van der Waals surface area contributed by atoms with Crippen LogP contribution in [0.4, 0.5) is 24.8 Å². The van der Waals surface area contributed by atoms with Crippen molar-refractivity contribution in [3.05, 3.63) is 36.7 Å². The van der Waals surface area contributed by atoms with Crippen LogP contribution in [0.15, 0.2) is 36.7 Å². The van der Waals surface area contributed by atoms with Crippen molar-refractivity contribution in [3.63, 3.8) is 0 Å². The van der Waals surface area contributed by atoms with Gasteiger partial charge in [0, 0.05) is 70.4 Å². The second-order valence-corrected chi connectivity index (χ2v) is 16.5. The van der Waals surface area contributed by atoms with E-state index >= 15 is 0 Å². The Morgan fingerprint density at radius 1 is 1.16 bits per heavy atom. The smallest absolute Gasteiger partial charge is 0.381 e. The summed E-state index contributed by atoms with van der Waals surface area (Å²) in [5, 5.41) is 4.45. The number of hydrogen-bond acceptors (Lipinski definition) is 6. The van der Waals surface area contributed by atoms with Crippen molar-refractivity contribution < 1.29 is 22.6 Å². The van der Waals surface area contributed by atoms with Crippen LogP contribution < -0.4 is 10.2 Å². The Morgan fingerprint density at radius 2 is 1.92 bits per heavy atom. The van der Waals surface area contributed by atoms with Gasteiger partial charge in [-0.25, -0.2) is 9.97 Å². The molecule has 0 atom stereocenters. The molecule has 7 nitrogen and oxygen atoms in total. The molecule has 3 aromatic heterocycles. The molecule has 0 saturated carbocycles. The minimum absolute atomic E-state index is 0.256. The zero-order valence-corrected chi connectivity index (χ0v) is 22.9. The standard InChI is InChI=1S/C26H36F3N5O2Si/c1-33(17-26(27,28)29)25-14-19(5-8-30-25)22-13-20-16-31-24(32-21-6-9-35-10-7-21)15-23(20)34(22)18-36-11-12-37(2,3)4/h5,8,13-16,21H,6-7,9-12,17-18H2,1-4H3,(H,31,32). The highest BCUT2D eigenvalue weighted by Gasteiger charge is 2.30. The third-order valence-corrected chi connectivity index (χ3v) is 8.13. The zero-order chi connectivity index (χ0) is 26.6. The van der Waals surface area contributed by atoms with E-state index < -0.39 is 20.8 Å². The third kappa shape index (κ3) is 7.68. The fourth-order valence-corrected chi connectivity index (χ4v) is 5.09. The Kier molecular flexibility index (Phi) is 8.45. The second-order valence-electron chi connectivity index (χ2n) is 10.8. The number of hydrogen-bond donors (Lipinski definition) is 1. The first-order valence-corrected chi connectivity index (χ1v) is 16.3. The maximum atomic E-state index is 13.0. The number of alkyl halides is 3. The molecule has 1 aliphatic rings. The summed E-state index contributed by atoms with van der Waals surface area (Å²) < 4.78 is 52.6. The molecule has 0 amide bonds. The lowest BCUT2D eigenvalue weighted by atomic mass is 10.1. The summed E-state index contributed by atoms with van der Waals surface area (Å²) in [4.78, 5) is 9.90. The van der Waals surface area contributed by atoms with E-state index in [4.69, 9.17) is 9.47 Å². The Hall–Kier alpha value is -2.63. The number of aromatic nitrogens is 3. The molecule has 1 saturated heterocycles. The van der Waals surface area contributed by atoms with Gasteiger partial charge in [0.15, 0.2) is 0 Å². The summed E-state index contributed by atoms with van der Waals surface area (Å²) in [5.41, 5.74) is 2.56. The summed E-state index contributed by atoms with van der Waals surface area (Å²) in [6.07, 6.45) is 0.915. The van der Waals surface area contributed by atoms with Crippen molar-refractivity contribution in [2.75, 3.05) is 43.6 Å². The average Bonchev–Trinajstić information content (AvgIpc) is 3.19. The van der Waals surface area contributed by atoms with Crippen LogP contribution in [0.2, 0.25) is 25.7 Å². The summed E-state index contributed by atoms with van der Waals surface area (Å²) in [6, 6.07) is 8.88. The van der Waals surface area contributed by atoms with E-state index in [2.05, 4.69) is 39.5 Å². The zero-order valence-electron chi connectivity index (χ0n) is 21.9. The first-order valence-electron chi connectivity index (χ1n) is 12.6. The van der Waals surface area contributed by atoms with Gasteiger partial charge in [-0.1, -0.05) is 19.6 Å². The molecule has 1 fully saturated rings. The largest absolute Gasteiger partial charge is 0.405 e. The number of nitrogens with one attached hydrogen (secondary N) is 1. The molecule has 0 spiro atoms. The van der Waals surface area contributed by atoms with Crippen LogP contribution in [0, 0.1) is 0 Å². The van der Waals surface area contributed by atoms with Crippen molar-refractivity contribution in [1.82, 2.24) is 14.5 Å². The van der Waals surface area contributed by atoms with Crippen LogP contribution in [0.1, 0.15) is 12.8 Å². The minimum atomic E-state index is -4.31. The second kappa shape index (κ2) is 11.4. The lowest BCUT2D eigenvalue weighted by Crippen LogP contribution is -2.31. The van der Waals surface area contributed by atoms with Crippen LogP contribution in [0.3, 0.4) is 0 Å². The van der Waals surface area contributed by atoms with Gasteiger partial charge in [-0.3, -0.25) is 0 Å². The van der Waals surface area contributed by atoms with Gasteiger partial charge in [0.1, 0.15) is 24.9 Å². The summed E-state index contributed by atoms with van der Waals surface area (Å²) in [6.45, 7) is 8.31. The molecular formula is C26H36F3N5O2Si. The summed E-state index contributed by atoms with van der Waals surface area (Å²) >= 11 is 0. The molecule has 0 aromatic carbocycles. The van der Waals surface area contributed by atoms with E-state index in [9.17, 15) is 13.2 Å². The molecule has 1 aliphatic heterocycles. The Bertz CT molecular complexity index is 1190. The Labute approximate surface area is 217 Å². The number of rotatable bonds is 10. The van der Waals surface area contributed by atoms with E-state index in [-0.39, 0.29) is 5.82 Å². The molecule has 4 rings (SSSR count). The molecule has 0 bridgehead atoms. The highest BCUT2D eigenvalue weighted by molar-refractivity contribution is 6.76. The topological polar surface area (TPSA) is 64.4 Å². The Balaban J connectivity index is 1.66. The van der Waals surface area contributed by atoms with Crippen molar-refractivity contribution >= 4 is 30.6 Å². The number of pyridine rings is 2. The number of halogens is 3. The first-order chi connectivity index (χ1) is 17.5. The van der Waals surface area contributed by atoms with E-state index in [0.717, 1.165) is 65.0 Å². The lowest BCUT2D eigenvalue weighted by molar-refractivity contribution is -0.119. The normalized spacial score (nSPS) is 15.3. The van der Waals surface area contributed by atoms with E-state index in [0.29, 0.717) is 19.4 Å². The van der Waals surface area contributed by atoms with Gasteiger partial charge in [-0.05, 0) is 37.1 Å². The molecule has 0 aliphatic carbocycles. The monoisotopic (exact) mass is 535 g/mol. The third-order valence-electron chi connectivity index (χ3n) is 6.42. The van der Waals surface area contributed by atoms with Crippen LogP contribution >= 0.6 is 0 Å². The van der Waals surface area contributed by atoms with E-state index in [1.165, 1.54) is 7.05 Å². The molecule has 11 heteroatoms. The number of nitrogens with zero attached hydrogens (tertiary/aromatic N) is 4. The van der Waals surface area contributed by atoms with E-state index in [1.54, 1.807) is 12.3 Å². The quantitative estimate of drug-likeness (QED) is 0.254. The van der Waals surface area contributed by atoms with Gasteiger partial charge >= 0.3 is 6.18 Å². The van der Waals surface area contributed by atoms with Crippen molar-refractivity contribution in [1.29, 1.82) is 0 Å². The van der Waals surface area contributed by atoms with Crippen molar-refractivity contribution in [3.8, 4) is 11.3 Å². The maximum Gasteiger partial charge on any atom is 0.405 e. The first kappa shape index (κ1) is 27.4. The van der Waals surface area contributed by atoms with Crippen molar-refractivity contribution in [2.45, 2.75) is 57.5 Å². The average molecular weight is 536 g/mol. The van der Waals surface area contributed by atoms with Gasteiger partial charge in [-0.15, -0.1) is 0 Å². The van der Waals surface area contributed by atoms with Crippen LogP contribution in [0.25, 0.3) is 22.2 Å². The van der Waals surface area contributed by atoms with Gasteiger partial charge in [0.25, 0.3) is 0 Å². The fourth-order valence-electron chi connectivity index (χ4n) is 4.33. The predicted molar refractivity (Wildman–Crippen MR) is 144 cm³/mol. The van der Waals surface area contributed by atoms with Gasteiger partial charge in [-0.2, -0.15) is 13.2 Å². The summed E-state index contributed by atoms with van der Waals surface area (Å²) in [7, 11) is 0.141. The number of fused-ring (bicyclic) bond motifs is 1. The van der Waals surface area contributed by atoms with Crippen LogP contribution in [-0.4, -0.2) is 68.2 Å². The maximum absolute atomic E-state index is 13.0. The van der Waals surface area contributed by atoms with Gasteiger partial charge < -0.3 is 24.3 Å². The lowest BCUT2D eigenvalue weighted by Gasteiger charge is -2.23. The highest BCUT2D eigenvalue weighted by Crippen LogP contribution is 2.31. The SMILES string of the molecule is CN(CC(F)(F)F)c1cc(-c2cc3cnc(NC4CCOCC4)cc3n2COCC[Si](C)(C)C)ccn1. The van der Waals surface area contributed by atoms with Crippen LogP contribution in [-0.2, 0) is 16.2 Å². The van der Waals surface area contributed by atoms with Crippen LogP contribution in [0.5, 0.6) is 0 Å². The molecule has 0 radical (unpaired) electrons. The van der Waals surface area contributed by atoms with Gasteiger partial charge in [0.05, 0.1) is 11.2 Å². The van der Waals surface area contributed by atoms with Gasteiger partial charge in [0.2, 0.25) is 0 Å². The minimum Gasteiger partial charge on any atom is -0.381 e. The molecule has 1 N–H and O–H groups in total. The van der Waals surface area contributed by atoms with Crippen molar-refractivity contribution in [2.24, 2.45) is 0 Å².